The molecule has 0 fully saturated rings. The second kappa shape index (κ2) is 11.8. The first-order chi connectivity index (χ1) is 16.8. The molecule has 0 saturated carbocycles. The lowest BCUT2D eigenvalue weighted by molar-refractivity contribution is -0.123. The molecular formula is C28H31N3O4. The Bertz CT molecular complexity index is 1210. The normalized spacial score (nSPS) is 11.4. The van der Waals surface area contributed by atoms with E-state index in [4.69, 9.17) is 4.74 Å². The van der Waals surface area contributed by atoms with Crippen molar-refractivity contribution in [1.82, 2.24) is 0 Å². The van der Waals surface area contributed by atoms with E-state index in [1.54, 1.807) is 30.3 Å². The fourth-order valence-electron chi connectivity index (χ4n) is 3.57. The van der Waals surface area contributed by atoms with Gasteiger partial charge in [-0.05, 0) is 81.4 Å². The molecule has 1 atom stereocenters. The quantitative estimate of drug-likeness (QED) is 0.242. The van der Waals surface area contributed by atoms with Gasteiger partial charge in [0, 0.05) is 17.3 Å². The zero-order valence-corrected chi connectivity index (χ0v) is 20.3. The molecule has 0 aliphatic heterocycles. The Morgan fingerprint density at radius 3 is 2.40 bits per heavy atom. The number of ether oxygens (including phenoxy) is 1. The van der Waals surface area contributed by atoms with Crippen LogP contribution in [0.15, 0.2) is 65.7 Å². The molecule has 3 N–H and O–H groups in total. The lowest BCUT2D eigenvalue weighted by atomic mass is 10.1. The number of phenols is 1. The molecule has 35 heavy (non-hydrogen) atoms. The summed E-state index contributed by atoms with van der Waals surface area (Å²) < 4.78 is 6.07. The van der Waals surface area contributed by atoms with E-state index in [-0.39, 0.29) is 23.3 Å². The van der Waals surface area contributed by atoms with E-state index in [1.807, 2.05) is 32.0 Å². The van der Waals surface area contributed by atoms with Gasteiger partial charge in [0.1, 0.15) is 11.5 Å². The van der Waals surface area contributed by atoms with Gasteiger partial charge in [-0.25, -0.2) is 0 Å². The summed E-state index contributed by atoms with van der Waals surface area (Å²) in [6.45, 7) is 9.46. The number of carbonyl (C=O) groups excluding carboxylic acids is 2. The van der Waals surface area contributed by atoms with Gasteiger partial charge in [0.2, 0.25) is 0 Å². The molecule has 0 radical (unpaired) electrons. The van der Waals surface area contributed by atoms with Crippen LogP contribution in [0.2, 0.25) is 0 Å². The fraction of sp³-hybridized carbons (Fsp3) is 0.250. The van der Waals surface area contributed by atoms with Crippen LogP contribution in [0.25, 0.3) is 0 Å². The number of hydrogen-bond acceptors (Lipinski definition) is 5. The number of phenolic OH excluding ortho intramolecular Hbond substituents is 1. The molecule has 0 saturated heterocycles. The molecule has 3 rings (SSSR count). The standard InChI is InChI=1S/C28H31N3O4/c1-5-6-7-26(35-25-15-8-18(2)16-19(25)3)28(34)30-22-13-14-23(24(32)17-22)31-27(33)20-9-11-21(29-4)12-10-20/h8-17,26,32H,4-7H2,1-3H3,(H,30,34)(H,31,33). The average molecular weight is 474 g/mol. The highest BCUT2D eigenvalue weighted by Gasteiger charge is 2.21. The minimum atomic E-state index is -0.675. The van der Waals surface area contributed by atoms with E-state index in [0.717, 1.165) is 24.0 Å². The third-order valence-electron chi connectivity index (χ3n) is 5.54. The van der Waals surface area contributed by atoms with Crippen molar-refractivity contribution in [3.8, 4) is 11.5 Å². The lowest BCUT2D eigenvalue weighted by Gasteiger charge is -2.20. The number of benzene rings is 3. The summed E-state index contributed by atoms with van der Waals surface area (Å²) in [5.41, 5.74) is 3.79. The number of amides is 2. The number of unbranched alkanes of at least 4 members (excludes halogenated alkanes) is 1. The number of aliphatic imine (C=N–C) groups is 1. The highest BCUT2D eigenvalue weighted by Crippen LogP contribution is 2.28. The fourth-order valence-corrected chi connectivity index (χ4v) is 3.57. The van der Waals surface area contributed by atoms with Gasteiger partial charge in [0.15, 0.2) is 6.10 Å². The summed E-state index contributed by atoms with van der Waals surface area (Å²) in [6.07, 6.45) is 1.66. The average Bonchev–Trinajstić information content (AvgIpc) is 2.84. The third kappa shape index (κ3) is 6.93. The topological polar surface area (TPSA) is 100 Å². The molecule has 7 heteroatoms. The Labute approximate surface area is 205 Å². The number of nitrogens with one attached hydrogen (secondary N) is 2. The Hall–Kier alpha value is -4.13. The molecule has 3 aromatic carbocycles. The SMILES string of the molecule is C=Nc1ccc(C(=O)Nc2ccc(NC(=O)C(CCCC)Oc3ccc(C)cc3C)cc2O)cc1. The smallest absolute Gasteiger partial charge is 0.265 e. The van der Waals surface area contributed by atoms with Gasteiger partial charge in [0.25, 0.3) is 11.8 Å². The lowest BCUT2D eigenvalue weighted by Crippen LogP contribution is -2.33. The van der Waals surface area contributed by atoms with Crippen LogP contribution >= 0.6 is 0 Å². The third-order valence-corrected chi connectivity index (χ3v) is 5.54. The predicted molar refractivity (Wildman–Crippen MR) is 140 cm³/mol. The molecule has 182 valence electrons. The molecule has 2 amide bonds. The summed E-state index contributed by atoms with van der Waals surface area (Å²) in [5.74, 6) is -0.176. The van der Waals surface area contributed by atoms with E-state index in [1.165, 1.54) is 12.1 Å². The number of carbonyl (C=O) groups is 2. The monoisotopic (exact) mass is 473 g/mol. The van der Waals surface area contributed by atoms with E-state index in [0.29, 0.717) is 29.1 Å². The van der Waals surface area contributed by atoms with Gasteiger partial charge >= 0.3 is 0 Å². The second-order valence-corrected chi connectivity index (χ2v) is 8.40. The number of nitrogens with zero attached hydrogens (tertiary/aromatic N) is 1. The van der Waals surface area contributed by atoms with Crippen LogP contribution in [0.1, 0.15) is 47.7 Å². The van der Waals surface area contributed by atoms with Crippen molar-refractivity contribution in [3.05, 3.63) is 77.4 Å². The summed E-state index contributed by atoms with van der Waals surface area (Å²) in [6, 6.07) is 17.0. The van der Waals surface area contributed by atoms with Crippen LogP contribution < -0.4 is 15.4 Å². The first-order valence-corrected chi connectivity index (χ1v) is 11.6. The molecule has 0 aromatic heterocycles. The summed E-state index contributed by atoms with van der Waals surface area (Å²) in [5, 5.41) is 15.9. The molecule has 3 aromatic rings. The molecule has 0 aliphatic carbocycles. The van der Waals surface area contributed by atoms with E-state index in [9.17, 15) is 14.7 Å². The van der Waals surface area contributed by atoms with Gasteiger partial charge in [-0.2, -0.15) is 0 Å². The maximum absolute atomic E-state index is 13.0. The Balaban J connectivity index is 1.69. The van der Waals surface area contributed by atoms with E-state index < -0.39 is 6.10 Å². The number of anilines is 2. The Kier molecular flexibility index (Phi) is 8.62. The molecule has 1 unspecified atom stereocenters. The zero-order chi connectivity index (χ0) is 25.4. The van der Waals surface area contributed by atoms with Crippen LogP contribution in [0.5, 0.6) is 11.5 Å². The first-order valence-electron chi connectivity index (χ1n) is 11.6. The molecule has 0 bridgehead atoms. The maximum Gasteiger partial charge on any atom is 0.265 e. The number of hydrogen-bond donors (Lipinski definition) is 3. The Morgan fingerprint density at radius 2 is 1.77 bits per heavy atom. The van der Waals surface area contributed by atoms with E-state index >= 15 is 0 Å². The number of aryl methyl sites for hydroxylation is 2. The molecule has 7 nitrogen and oxygen atoms in total. The summed E-state index contributed by atoms with van der Waals surface area (Å²) in [4.78, 5) is 29.3. The van der Waals surface area contributed by atoms with Gasteiger partial charge in [-0.3, -0.25) is 14.6 Å². The van der Waals surface area contributed by atoms with Gasteiger partial charge in [-0.1, -0.05) is 31.0 Å². The maximum atomic E-state index is 13.0. The van der Waals surface area contributed by atoms with E-state index in [2.05, 4.69) is 29.3 Å². The van der Waals surface area contributed by atoms with Crippen molar-refractivity contribution in [2.75, 3.05) is 10.6 Å². The van der Waals surface area contributed by atoms with Gasteiger partial charge in [0.05, 0.1) is 11.4 Å². The molecular weight excluding hydrogens is 442 g/mol. The minimum absolute atomic E-state index is 0.166. The zero-order valence-electron chi connectivity index (χ0n) is 20.3. The van der Waals surface area contributed by atoms with Crippen LogP contribution in [-0.4, -0.2) is 29.7 Å². The summed E-state index contributed by atoms with van der Waals surface area (Å²) >= 11 is 0. The number of aromatic hydroxyl groups is 1. The minimum Gasteiger partial charge on any atom is -0.506 e. The predicted octanol–water partition coefficient (Wildman–Crippen LogP) is 6.17. The van der Waals surface area contributed by atoms with Crippen LogP contribution in [0, 0.1) is 13.8 Å². The Morgan fingerprint density at radius 1 is 1.03 bits per heavy atom. The van der Waals surface area contributed by atoms with Crippen molar-refractivity contribution in [1.29, 1.82) is 0 Å². The van der Waals surface area contributed by atoms with Crippen molar-refractivity contribution >= 4 is 35.6 Å². The summed E-state index contributed by atoms with van der Waals surface area (Å²) in [7, 11) is 0. The molecule has 0 aliphatic rings. The molecule has 0 spiro atoms. The van der Waals surface area contributed by atoms with Gasteiger partial charge < -0.3 is 20.5 Å². The van der Waals surface area contributed by atoms with Crippen molar-refractivity contribution in [3.63, 3.8) is 0 Å². The second-order valence-electron chi connectivity index (χ2n) is 8.40. The highest BCUT2D eigenvalue weighted by molar-refractivity contribution is 6.05. The highest BCUT2D eigenvalue weighted by atomic mass is 16.5. The van der Waals surface area contributed by atoms with Crippen LogP contribution in [0.3, 0.4) is 0 Å². The van der Waals surface area contributed by atoms with Crippen molar-refractivity contribution < 1.29 is 19.4 Å². The number of rotatable bonds is 10. The van der Waals surface area contributed by atoms with Crippen molar-refractivity contribution in [2.45, 2.75) is 46.1 Å². The largest absolute Gasteiger partial charge is 0.506 e. The van der Waals surface area contributed by atoms with Crippen LogP contribution in [-0.2, 0) is 4.79 Å². The molecule has 0 heterocycles. The van der Waals surface area contributed by atoms with Crippen LogP contribution in [0.4, 0.5) is 17.1 Å². The van der Waals surface area contributed by atoms with Gasteiger partial charge in [-0.15, -0.1) is 0 Å². The van der Waals surface area contributed by atoms with Crippen molar-refractivity contribution in [2.24, 2.45) is 4.99 Å². The first kappa shape index (κ1) is 25.5.